The largest absolute Gasteiger partial charge is 0.393 e. The van der Waals surface area contributed by atoms with Gasteiger partial charge in [-0.3, -0.25) is 0 Å². The van der Waals surface area contributed by atoms with E-state index >= 15 is 0 Å². The van der Waals surface area contributed by atoms with Crippen molar-refractivity contribution in [3.05, 3.63) is 35.4 Å². The van der Waals surface area contributed by atoms with Gasteiger partial charge in [0.15, 0.2) is 11.6 Å². The minimum Gasteiger partial charge on any atom is -0.393 e. The lowest BCUT2D eigenvalue weighted by molar-refractivity contribution is 0.0803. The van der Waals surface area contributed by atoms with Crippen LogP contribution in [-0.4, -0.2) is 11.2 Å². The molecule has 0 bridgehead atoms. The number of rotatable bonds is 2. The van der Waals surface area contributed by atoms with Crippen molar-refractivity contribution >= 4 is 0 Å². The molecule has 1 aromatic carbocycles. The minimum absolute atomic E-state index is 0.0982. The van der Waals surface area contributed by atoms with Crippen molar-refractivity contribution < 1.29 is 13.9 Å². The quantitative estimate of drug-likeness (QED) is 0.831. The first kappa shape index (κ1) is 15.0. The fraction of sp³-hybridized carbons (Fsp3) is 0.667. The molecule has 2 saturated carbocycles. The zero-order chi connectivity index (χ0) is 14.8. The van der Waals surface area contributed by atoms with Crippen LogP contribution in [0, 0.1) is 23.5 Å². The maximum Gasteiger partial charge on any atom is 0.162 e. The molecule has 0 heterocycles. The van der Waals surface area contributed by atoms with Gasteiger partial charge in [-0.25, -0.2) is 8.78 Å². The van der Waals surface area contributed by atoms with Gasteiger partial charge in [0.05, 0.1) is 6.10 Å². The fourth-order valence-corrected chi connectivity index (χ4v) is 4.31. The van der Waals surface area contributed by atoms with Crippen LogP contribution in [0.15, 0.2) is 18.2 Å². The summed E-state index contributed by atoms with van der Waals surface area (Å²) in [6, 6.07) is 4.54. The van der Waals surface area contributed by atoms with E-state index in [0.717, 1.165) is 57.3 Å². The molecule has 116 valence electrons. The Balaban J connectivity index is 1.59. The lowest BCUT2D eigenvalue weighted by atomic mass is 9.69. The molecule has 21 heavy (non-hydrogen) atoms. The van der Waals surface area contributed by atoms with Gasteiger partial charge in [0, 0.05) is 0 Å². The summed E-state index contributed by atoms with van der Waals surface area (Å²) in [4.78, 5) is 0. The van der Waals surface area contributed by atoms with Crippen LogP contribution >= 0.6 is 0 Å². The van der Waals surface area contributed by atoms with Crippen LogP contribution < -0.4 is 0 Å². The summed E-state index contributed by atoms with van der Waals surface area (Å²) in [5.41, 5.74) is 0.563. The first-order valence-electron chi connectivity index (χ1n) is 8.27. The molecule has 0 amide bonds. The van der Waals surface area contributed by atoms with Crippen LogP contribution in [0.25, 0.3) is 0 Å². The summed E-state index contributed by atoms with van der Waals surface area (Å²) in [5, 5.41) is 9.60. The number of halogens is 2. The van der Waals surface area contributed by atoms with Gasteiger partial charge >= 0.3 is 0 Å². The van der Waals surface area contributed by atoms with Crippen molar-refractivity contribution in [2.45, 2.75) is 63.4 Å². The van der Waals surface area contributed by atoms with Crippen LogP contribution in [0.3, 0.4) is 0 Å². The molecule has 0 aromatic heterocycles. The average molecular weight is 294 g/mol. The Morgan fingerprint density at radius 2 is 1.38 bits per heavy atom. The number of benzene rings is 1. The third kappa shape index (κ3) is 3.28. The molecule has 2 fully saturated rings. The molecule has 1 nitrogen and oxygen atoms in total. The minimum atomic E-state index is -0.726. The Kier molecular flexibility index (Phi) is 4.58. The number of aliphatic hydroxyl groups is 1. The second-order valence-electron chi connectivity index (χ2n) is 6.82. The van der Waals surface area contributed by atoms with E-state index in [1.54, 1.807) is 12.1 Å². The SMILES string of the molecule is O[C@H]1CC[C@H]([C@H]2CC[C@H](c3cccc(F)c3F)CC2)CC1. The van der Waals surface area contributed by atoms with Gasteiger partial charge in [0.2, 0.25) is 0 Å². The number of hydrogen-bond donors (Lipinski definition) is 1. The van der Waals surface area contributed by atoms with Gasteiger partial charge < -0.3 is 5.11 Å². The highest BCUT2D eigenvalue weighted by Gasteiger charge is 2.31. The van der Waals surface area contributed by atoms with E-state index in [9.17, 15) is 13.9 Å². The van der Waals surface area contributed by atoms with Crippen molar-refractivity contribution in [3.8, 4) is 0 Å². The molecule has 3 rings (SSSR count). The van der Waals surface area contributed by atoms with E-state index < -0.39 is 11.6 Å². The molecule has 3 heteroatoms. The van der Waals surface area contributed by atoms with E-state index in [-0.39, 0.29) is 12.0 Å². The number of hydrogen-bond acceptors (Lipinski definition) is 1. The molecular formula is C18H24F2O. The first-order chi connectivity index (χ1) is 10.1. The maximum atomic E-state index is 13.9. The van der Waals surface area contributed by atoms with Crippen LogP contribution in [0.1, 0.15) is 62.8 Å². The lowest BCUT2D eigenvalue weighted by Crippen LogP contribution is -2.27. The highest BCUT2D eigenvalue weighted by molar-refractivity contribution is 5.23. The Labute approximate surface area is 125 Å². The molecule has 1 N–H and O–H groups in total. The third-order valence-corrected chi connectivity index (χ3v) is 5.60. The molecular weight excluding hydrogens is 270 g/mol. The second kappa shape index (κ2) is 6.43. The van der Waals surface area contributed by atoms with Crippen molar-refractivity contribution in [3.63, 3.8) is 0 Å². The summed E-state index contributed by atoms with van der Waals surface area (Å²) in [6.45, 7) is 0. The molecule has 0 radical (unpaired) electrons. The summed E-state index contributed by atoms with van der Waals surface area (Å²) < 4.78 is 27.2. The van der Waals surface area contributed by atoms with E-state index in [2.05, 4.69) is 0 Å². The highest BCUT2D eigenvalue weighted by atomic mass is 19.2. The van der Waals surface area contributed by atoms with Crippen molar-refractivity contribution in [2.24, 2.45) is 11.8 Å². The zero-order valence-electron chi connectivity index (χ0n) is 12.4. The van der Waals surface area contributed by atoms with Crippen molar-refractivity contribution in [1.82, 2.24) is 0 Å². The Morgan fingerprint density at radius 1 is 0.810 bits per heavy atom. The fourth-order valence-electron chi connectivity index (χ4n) is 4.31. The smallest absolute Gasteiger partial charge is 0.162 e. The summed E-state index contributed by atoms with van der Waals surface area (Å²) >= 11 is 0. The topological polar surface area (TPSA) is 20.2 Å². The van der Waals surface area contributed by atoms with Crippen LogP contribution in [-0.2, 0) is 0 Å². The Morgan fingerprint density at radius 3 is 2.00 bits per heavy atom. The van der Waals surface area contributed by atoms with Crippen molar-refractivity contribution in [1.29, 1.82) is 0 Å². The first-order valence-corrected chi connectivity index (χ1v) is 8.27. The van der Waals surface area contributed by atoms with E-state index in [0.29, 0.717) is 11.5 Å². The lowest BCUT2D eigenvalue weighted by Gasteiger charge is -2.37. The molecule has 2 aliphatic rings. The third-order valence-electron chi connectivity index (χ3n) is 5.60. The monoisotopic (exact) mass is 294 g/mol. The standard InChI is InChI=1S/C18H24F2O/c19-17-3-1-2-16(18(17)20)14-6-4-12(5-7-14)13-8-10-15(21)11-9-13/h1-3,12-15,21H,4-11H2/t12-,13-,14-,15-. The Hall–Kier alpha value is -0.960. The molecule has 2 aliphatic carbocycles. The predicted molar refractivity (Wildman–Crippen MR) is 79.0 cm³/mol. The van der Waals surface area contributed by atoms with Gasteiger partial charge in [0.1, 0.15) is 0 Å². The molecule has 0 unspecified atom stereocenters. The van der Waals surface area contributed by atoms with Gasteiger partial charge in [-0.2, -0.15) is 0 Å². The van der Waals surface area contributed by atoms with Crippen LogP contribution in [0.2, 0.25) is 0 Å². The molecule has 0 aliphatic heterocycles. The average Bonchev–Trinajstić information content (AvgIpc) is 2.51. The predicted octanol–water partition coefficient (Wildman–Crippen LogP) is 4.79. The van der Waals surface area contributed by atoms with Crippen LogP contribution in [0.5, 0.6) is 0 Å². The molecule has 0 spiro atoms. The summed E-state index contributed by atoms with van der Waals surface area (Å²) in [7, 11) is 0. The summed E-state index contributed by atoms with van der Waals surface area (Å²) in [5.74, 6) is 0.237. The van der Waals surface area contributed by atoms with E-state index in [1.807, 2.05) is 0 Å². The van der Waals surface area contributed by atoms with E-state index in [1.165, 1.54) is 6.07 Å². The van der Waals surface area contributed by atoms with Crippen LogP contribution in [0.4, 0.5) is 8.78 Å². The number of aliphatic hydroxyl groups excluding tert-OH is 1. The summed E-state index contributed by atoms with van der Waals surface area (Å²) in [6.07, 6.45) is 8.18. The normalized spacial score (nSPS) is 33.9. The van der Waals surface area contributed by atoms with Gasteiger partial charge in [-0.05, 0) is 80.8 Å². The molecule has 0 saturated heterocycles. The molecule has 1 aromatic rings. The van der Waals surface area contributed by atoms with Gasteiger partial charge in [0.25, 0.3) is 0 Å². The van der Waals surface area contributed by atoms with Gasteiger partial charge in [-0.1, -0.05) is 12.1 Å². The maximum absolute atomic E-state index is 13.9. The second-order valence-corrected chi connectivity index (χ2v) is 6.82. The van der Waals surface area contributed by atoms with Crippen molar-refractivity contribution in [2.75, 3.05) is 0 Å². The van der Waals surface area contributed by atoms with E-state index in [4.69, 9.17) is 0 Å². The zero-order valence-corrected chi connectivity index (χ0v) is 12.4. The molecule has 0 atom stereocenters. The highest BCUT2D eigenvalue weighted by Crippen LogP contribution is 2.43. The van der Waals surface area contributed by atoms with Gasteiger partial charge in [-0.15, -0.1) is 0 Å². The Bertz CT molecular complexity index is 472.